The van der Waals surface area contributed by atoms with Gasteiger partial charge in [0.05, 0.1) is 6.04 Å². The molecule has 1 rings (SSSR count). The zero-order valence-corrected chi connectivity index (χ0v) is 8.03. The van der Waals surface area contributed by atoms with E-state index in [0.29, 0.717) is 0 Å². The predicted molar refractivity (Wildman–Crippen MR) is 50.3 cm³/mol. The molecule has 1 atom stereocenters. The minimum absolute atomic E-state index is 0.245. The lowest BCUT2D eigenvalue weighted by atomic mass is 10.1. The monoisotopic (exact) mass is 184 g/mol. The molecule has 13 heavy (non-hydrogen) atoms. The quantitative estimate of drug-likeness (QED) is 0.623. The van der Waals surface area contributed by atoms with Gasteiger partial charge in [0, 0.05) is 5.18 Å². The summed E-state index contributed by atoms with van der Waals surface area (Å²) in [6, 6.07) is -0.245. The number of carbonyl (C=O) groups is 1. The van der Waals surface area contributed by atoms with E-state index in [1.165, 1.54) is 0 Å². The molecule has 4 heteroatoms. The van der Waals surface area contributed by atoms with Crippen LogP contribution in [-0.4, -0.2) is 29.9 Å². The Balaban J connectivity index is 2.54. The van der Waals surface area contributed by atoms with Crippen LogP contribution in [0.5, 0.6) is 0 Å². The molecule has 0 aromatic heterocycles. The Morgan fingerprint density at radius 2 is 2.08 bits per heavy atom. The molecule has 1 aliphatic rings. The summed E-state index contributed by atoms with van der Waals surface area (Å²) >= 11 is 0. The summed E-state index contributed by atoms with van der Waals surface area (Å²) in [7, 11) is 0. The average Bonchev–Trinajstić information content (AvgIpc) is 2.65. The molecule has 0 saturated carbocycles. The molecule has 0 bridgehead atoms. The lowest BCUT2D eigenvalue weighted by Crippen LogP contribution is -2.38. The molecule has 0 radical (unpaired) electrons. The number of nitroso groups, excluding NO2 is 1. The Bertz CT molecular complexity index is 188. The van der Waals surface area contributed by atoms with Crippen molar-refractivity contribution in [2.75, 3.05) is 13.1 Å². The van der Waals surface area contributed by atoms with E-state index in [2.05, 4.69) is 10.1 Å². The molecule has 0 N–H and O–H groups in total. The summed E-state index contributed by atoms with van der Waals surface area (Å²) < 4.78 is 0. The van der Waals surface area contributed by atoms with E-state index in [4.69, 9.17) is 0 Å². The van der Waals surface area contributed by atoms with Crippen molar-refractivity contribution in [3.8, 4) is 0 Å². The molecule has 1 fully saturated rings. The van der Waals surface area contributed by atoms with E-state index in [0.717, 1.165) is 38.8 Å². The number of likely N-dealkylation sites (tertiary alicyclic amines) is 1. The van der Waals surface area contributed by atoms with Crippen LogP contribution in [0, 0.1) is 4.91 Å². The molecule has 1 heterocycles. The SMILES string of the molecule is CCCC(C(=O)N=O)N1CCCC1. The van der Waals surface area contributed by atoms with Crippen LogP contribution in [0.4, 0.5) is 0 Å². The fourth-order valence-corrected chi connectivity index (χ4v) is 1.85. The maximum Gasteiger partial charge on any atom is 0.303 e. The van der Waals surface area contributed by atoms with Crippen LogP contribution in [0.2, 0.25) is 0 Å². The minimum Gasteiger partial charge on any atom is -0.292 e. The molecule has 1 unspecified atom stereocenters. The summed E-state index contributed by atoms with van der Waals surface area (Å²) in [5, 5.41) is 2.52. The van der Waals surface area contributed by atoms with Gasteiger partial charge in [-0.2, -0.15) is 0 Å². The average molecular weight is 184 g/mol. The Hall–Kier alpha value is -0.770. The third kappa shape index (κ3) is 2.59. The molecular weight excluding hydrogens is 168 g/mol. The Morgan fingerprint density at radius 1 is 1.46 bits per heavy atom. The van der Waals surface area contributed by atoms with Crippen molar-refractivity contribution >= 4 is 5.91 Å². The van der Waals surface area contributed by atoms with Gasteiger partial charge in [-0.05, 0) is 32.4 Å². The van der Waals surface area contributed by atoms with Gasteiger partial charge in [0.2, 0.25) is 0 Å². The fourth-order valence-electron chi connectivity index (χ4n) is 1.85. The van der Waals surface area contributed by atoms with Crippen LogP contribution in [0.1, 0.15) is 32.6 Å². The van der Waals surface area contributed by atoms with Crippen LogP contribution in [0.25, 0.3) is 0 Å². The smallest absolute Gasteiger partial charge is 0.292 e. The molecule has 1 saturated heterocycles. The lowest BCUT2D eigenvalue weighted by Gasteiger charge is -2.22. The van der Waals surface area contributed by atoms with Gasteiger partial charge >= 0.3 is 5.91 Å². The second kappa shape index (κ2) is 5.07. The highest BCUT2D eigenvalue weighted by Crippen LogP contribution is 2.16. The van der Waals surface area contributed by atoms with Crippen LogP contribution in [-0.2, 0) is 4.79 Å². The lowest BCUT2D eigenvalue weighted by molar-refractivity contribution is -0.123. The first kappa shape index (κ1) is 10.3. The highest BCUT2D eigenvalue weighted by Gasteiger charge is 2.27. The molecule has 74 valence electrons. The molecule has 0 aliphatic carbocycles. The van der Waals surface area contributed by atoms with Crippen molar-refractivity contribution in [3.05, 3.63) is 4.91 Å². The van der Waals surface area contributed by atoms with Gasteiger partial charge in [0.15, 0.2) is 0 Å². The number of rotatable bonds is 4. The Morgan fingerprint density at radius 3 is 2.54 bits per heavy atom. The Labute approximate surface area is 78.3 Å². The maximum absolute atomic E-state index is 11.2. The van der Waals surface area contributed by atoms with Gasteiger partial charge < -0.3 is 0 Å². The van der Waals surface area contributed by atoms with E-state index in [1.807, 2.05) is 6.92 Å². The van der Waals surface area contributed by atoms with E-state index in [1.54, 1.807) is 0 Å². The third-order valence-electron chi connectivity index (χ3n) is 2.52. The van der Waals surface area contributed by atoms with Crippen LogP contribution in [0.3, 0.4) is 0 Å². The van der Waals surface area contributed by atoms with Crippen molar-refractivity contribution in [2.45, 2.75) is 38.6 Å². The van der Waals surface area contributed by atoms with E-state index in [-0.39, 0.29) is 6.04 Å². The first-order valence-corrected chi connectivity index (χ1v) is 4.90. The molecule has 0 aromatic rings. The zero-order valence-electron chi connectivity index (χ0n) is 8.03. The summed E-state index contributed by atoms with van der Waals surface area (Å²) in [4.78, 5) is 23.4. The van der Waals surface area contributed by atoms with Crippen LogP contribution in [0.15, 0.2) is 5.18 Å². The van der Waals surface area contributed by atoms with E-state index < -0.39 is 5.91 Å². The maximum atomic E-state index is 11.2. The highest BCUT2D eigenvalue weighted by molar-refractivity contribution is 5.82. The normalized spacial score (nSPS) is 20.1. The summed E-state index contributed by atoms with van der Waals surface area (Å²) in [6.07, 6.45) is 3.94. The fraction of sp³-hybridized carbons (Fsp3) is 0.889. The van der Waals surface area contributed by atoms with E-state index in [9.17, 15) is 9.70 Å². The number of carbonyl (C=O) groups excluding carboxylic acids is 1. The van der Waals surface area contributed by atoms with Gasteiger partial charge in [-0.1, -0.05) is 13.3 Å². The molecular formula is C9H16N2O2. The topological polar surface area (TPSA) is 49.7 Å². The van der Waals surface area contributed by atoms with Gasteiger partial charge in [-0.25, -0.2) is 0 Å². The van der Waals surface area contributed by atoms with E-state index >= 15 is 0 Å². The number of hydrogen-bond donors (Lipinski definition) is 0. The van der Waals surface area contributed by atoms with Gasteiger partial charge in [-0.3, -0.25) is 9.69 Å². The first-order chi connectivity index (χ1) is 6.29. The molecule has 0 spiro atoms. The number of hydrogen-bond acceptors (Lipinski definition) is 3. The minimum atomic E-state index is -0.497. The first-order valence-electron chi connectivity index (χ1n) is 4.90. The second-order valence-corrected chi connectivity index (χ2v) is 3.48. The highest BCUT2D eigenvalue weighted by atomic mass is 16.3. The van der Waals surface area contributed by atoms with Crippen molar-refractivity contribution in [3.63, 3.8) is 0 Å². The number of nitrogens with zero attached hydrogens (tertiary/aromatic N) is 2. The summed E-state index contributed by atoms with van der Waals surface area (Å²) in [5.41, 5.74) is 0. The van der Waals surface area contributed by atoms with Gasteiger partial charge in [-0.15, -0.1) is 4.91 Å². The zero-order chi connectivity index (χ0) is 9.68. The van der Waals surface area contributed by atoms with Crippen molar-refractivity contribution in [1.29, 1.82) is 0 Å². The molecule has 1 amide bonds. The summed E-state index contributed by atoms with van der Waals surface area (Å²) in [6.45, 7) is 3.89. The van der Waals surface area contributed by atoms with Gasteiger partial charge in [0.25, 0.3) is 0 Å². The second-order valence-electron chi connectivity index (χ2n) is 3.48. The van der Waals surface area contributed by atoms with Crippen LogP contribution >= 0.6 is 0 Å². The van der Waals surface area contributed by atoms with Crippen LogP contribution < -0.4 is 0 Å². The predicted octanol–water partition coefficient (Wildman–Crippen LogP) is 1.54. The molecule has 0 aromatic carbocycles. The molecule has 1 aliphatic heterocycles. The third-order valence-corrected chi connectivity index (χ3v) is 2.52. The van der Waals surface area contributed by atoms with Gasteiger partial charge in [0.1, 0.15) is 0 Å². The summed E-state index contributed by atoms with van der Waals surface area (Å²) in [5.74, 6) is -0.497. The molecule has 4 nitrogen and oxygen atoms in total. The Kier molecular flexibility index (Phi) is 4.02. The van der Waals surface area contributed by atoms with Crippen molar-refractivity contribution in [2.24, 2.45) is 5.18 Å². The standard InChI is InChI=1S/C9H16N2O2/c1-2-5-8(9(12)10-13)11-6-3-4-7-11/h8H,2-7H2,1H3. The van der Waals surface area contributed by atoms with Crippen molar-refractivity contribution < 1.29 is 4.79 Å². The van der Waals surface area contributed by atoms with Crippen molar-refractivity contribution in [1.82, 2.24) is 4.90 Å². The number of amides is 1. The largest absolute Gasteiger partial charge is 0.303 e.